The summed E-state index contributed by atoms with van der Waals surface area (Å²) in [6, 6.07) is 16.5. The Hall–Kier alpha value is -2.06. The van der Waals surface area contributed by atoms with Crippen molar-refractivity contribution in [3.63, 3.8) is 0 Å². The minimum atomic E-state index is -0.450. The predicted molar refractivity (Wildman–Crippen MR) is 108 cm³/mol. The van der Waals surface area contributed by atoms with Gasteiger partial charge >= 0.3 is 0 Å². The molecule has 2 N–H and O–H groups in total. The number of nitrogens with zero attached hydrogens (tertiary/aromatic N) is 1. The van der Waals surface area contributed by atoms with E-state index in [1.807, 2.05) is 25.1 Å². The largest absolute Gasteiger partial charge is 0.388 e. The van der Waals surface area contributed by atoms with Gasteiger partial charge in [-0.2, -0.15) is 0 Å². The standard InChI is InChI=1S/C22H25ClN2/c1-15(2)22(25-16(3)24,14-17-10-11-17)20-8-4-6-18(12-20)19-7-5-9-21(23)13-19/h4-9,12-13,17H,1,10-11,14H2,2-3H3,(H2,24,25). The van der Waals surface area contributed by atoms with Crippen molar-refractivity contribution in [1.82, 2.24) is 0 Å². The Morgan fingerprint density at radius 2 is 1.80 bits per heavy atom. The number of aliphatic imine (C=N–C) groups is 1. The van der Waals surface area contributed by atoms with E-state index in [1.165, 1.54) is 12.8 Å². The molecular formula is C22H25ClN2. The SMILES string of the molecule is C=C(C)C(CC1CC1)(N=C(C)N)c1cccc(-c2cccc(Cl)c2)c1. The van der Waals surface area contributed by atoms with Gasteiger partial charge in [0, 0.05) is 5.02 Å². The van der Waals surface area contributed by atoms with E-state index in [9.17, 15) is 0 Å². The lowest BCUT2D eigenvalue weighted by Crippen LogP contribution is -2.29. The first-order valence-electron chi connectivity index (χ1n) is 8.75. The number of nitrogens with two attached hydrogens (primary N) is 1. The molecule has 3 heteroatoms. The van der Waals surface area contributed by atoms with Gasteiger partial charge in [0.1, 0.15) is 5.54 Å². The van der Waals surface area contributed by atoms with Crippen molar-refractivity contribution in [3.05, 3.63) is 71.3 Å². The van der Waals surface area contributed by atoms with Crippen molar-refractivity contribution in [1.29, 1.82) is 0 Å². The van der Waals surface area contributed by atoms with Gasteiger partial charge < -0.3 is 5.73 Å². The summed E-state index contributed by atoms with van der Waals surface area (Å²) in [5.74, 6) is 1.30. The van der Waals surface area contributed by atoms with E-state index < -0.39 is 5.54 Å². The van der Waals surface area contributed by atoms with Crippen LogP contribution < -0.4 is 5.73 Å². The van der Waals surface area contributed by atoms with Gasteiger partial charge in [-0.15, -0.1) is 0 Å². The van der Waals surface area contributed by atoms with Gasteiger partial charge in [0.25, 0.3) is 0 Å². The lowest BCUT2D eigenvalue weighted by atomic mass is 9.79. The van der Waals surface area contributed by atoms with E-state index in [-0.39, 0.29) is 0 Å². The second kappa shape index (κ2) is 7.05. The summed E-state index contributed by atoms with van der Waals surface area (Å²) < 4.78 is 0. The first-order valence-corrected chi connectivity index (χ1v) is 9.13. The molecule has 1 fully saturated rings. The van der Waals surface area contributed by atoms with Gasteiger partial charge in [0.15, 0.2) is 0 Å². The fourth-order valence-corrected chi connectivity index (χ4v) is 3.60. The van der Waals surface area contributed by atoms with Gasteiger partial charge in [-0.05, 0) is 66.6 Å². The Labute approximate surface area is 155 Å². The predicted octanol–water partition coefficient (Wildman–Crippen LogP) is 5.96. The number of benzene rings is 2. The van der Waals surface area contributed by atoms with Crippen molar-refractivity contribution >= 4 is 17.4 Å². The maximum Gasteiger partial charge on any atom is 0.108 e. The second-order valence-electron chi connectivity index (χ2n) is 7.13. The Balaban J connectivity index is 2.11. The lowest BCUT2D eigenvalue weighted by molar-refractivity contribution is 0.453. The van der Waals surface area contributed by atoms with Crippen molar-refractivity contribution in [2.75, 3.05) is 0 Å². The molecule has 1 unspecified atom stereocenters. The maximum atomic E-state index is 6.17. The molecule has 0 amide bonds. The average Bonchev–Trinajstić information content (AvgIpc) is 3.37. The Bertz CT molecular complexity index is 816. The molecule has 0 radical (unpaired) electrons. The molecule has 0 spiro atoms. The third-order valence-electron chi connectivity index (χ3n) is 4.85. The van der Waals surface area contributed by atoms with Gasteiger partial charge in [-0.1, -0.05) is 61.4 Å². The molecule has 0 bridgehead atoms. The molecule has 25 heavy (non-hydrogen) atoms. The summed E-state index contributed by atoms with van der Waals surface area (Å²) in [6.45, 7) is 8.18. The number of amidine groups is 1. The Morgan fingerprint density at radius 3 is 2.36 bits per heavy atom. The topological polar surface area (TPSA) is 38.4 Å². The lowest BCUT2D eigenvalue weighted by Gasteiger charge is -2.32. The summed E-state index contributed by atoms with van der Waals surface area (Å²) in [6.07, 6.45) is 3.50. The number of hydrogen-bond acceptors (Lipinski definition) is 1. The monoisotopic (exact) mass is 352 g/mol. The molecule has 2 aromatic carbocycles. The molecule has 2 aromatic rings. The van der Waals surface area contributed by atoms with Gasteiger partial charge in [0.05, 0.1) is 5.84 Å². The second-order valence-corrected chi connectivity index (χ2v) is 7.57. The van der Waals surface area contributed by atoms with Crippen molar-refractivity contribution in [2.45, 2.75) is 38.6 Å². The first-order chi connectivity index (χ1) is 11.9. The maximum absolute atomic E-state index is 6.17. The summed E-state index contributed by atoms with van der Waals surface area (Å²) in [5.41, 5.74) is 9.98. The van der Waals surface area contributed by atoms with E-state index in [0.717, 1.165) is 33.7 Å². The number of hydrogen-bond donors (Lipinski definition) is 1. The first kappa shape index (κ1) is 17.8. The van der Waals surface area contributed by atoms with Crippen LogP contribution in [0.15, 0.2) is 65.7 Å². The molecule has 3 rings (SSSR count). The smallest absolute Gasteiger partial charge is 0.108 e. The molecule has 0 aliphatic heterocycles. The highest BCUT2D eigenvalue weighted by molar-refractivity contribution is 6.30. The zero-order valence-electron chi connectivity index (χ0n) is 14.9. The highest BCUT2D eigenvalue weighted by Gasteiger charge is 2.39. The minimum Gasteiger partial charge on any atom is -0.388 e. The molecule has 2 nitrogen and oxygen atoms in total. The van der Waals surface area contributed by atoms with Crippen LogP contribution in [0.4, 0.5) is 0 Å². The Kier molecular flexibility index (Phi) is 5.01. The summed E-state index contributed by atoms with van der Waals surface area (Å²) in [5, 5.41) is 0.739. The molecule has 1 aliphatic rings. The van der Waals surface area contributed by atoms with Crippen LogP contribution in [-0.2, 0) is 5.54 Å². The van der Waals surface area contributed by atoms with Crippen LogP contribution in [0.2, 0.25) is 5.02 Å². The molecular weight excluding hydrogens is 328 g/mol. The molecule has 1 atom stereocenters. The average molecular weight is 353 g/mol. The highest BCUT2D eigenvalue weighted by atomic mass is 35.5. The summed E-state index contributed by atoms with van der Waals surface area (Å²) in [7, 11) is 0. The molecule has 1 saturated carbocycles. The van der Waals surface area contributed by atoms with Gasteiger partial charge in [-0.25, -0.2) is 0 Å². The van der Waals surface area contributed by atoms with E-state index in [0.29, 0.717) is 11.8 Å². The fourth-order valence-electron chi connectivity index (χ4n) is 3.41. The highest BCUT2D eigenvalue weighted by Crippen LogP contribution is 2.47. The van der Waals surface area contributed by atoms with Crippen LogP contribution in [0.1, 0.15) is 38.7 Å². The zero-order valence-corrected chi connectivity index (χ0v) is 15.7. The van der Waals surface area contributed by atoms with Crippen LogP contribution >= 0.6 is 11.6 Å². The summed E-state index contributed by atoms with van der Waals surface area (Å²) >= 11 is 6.17. The van der Waals surface area contributed by atoms with Crippen LogP contribution in [0.3, 0.4) is 0 Å². The fraction of sp³-hybridized carbons (Fsp3) is 0.318. The van der Waals surface area contributed by atoms with Crippen molar-refractivity contribution in [3.8, 4) is 11.1 Å². The van der Waals surface area contributed by atoms with Gasteiger partial charge in [0.2, 0.25) is 0 Å². The molecule has 1 aliphatic carbocycles. The van der Waals surface area contributed by atoms with Crippen LogP contribution in [-0.4, -0.2) is 5.84 Å². The molecule has 0 saturated heterocycles. The number of halogens is 1. The van der Waals surface area contributed by atoms with Crippen LogP contribution in [0, 0.1) is 5.92 Å². The van der Waals surface area contributed by atoms with E-state index in [1.54, 1.807) is 0 Å². The third kappa shape index (κ3) is 3.96. The summed E-state index contributed by atoms with van der Waals surface area (Å²) in [4.78, 5) is 4.88. The molecule has 0 aromatic heterocycles. The van der Waals surface area contributed by atoms with Crippen molar-refractivity contribution < 1.29 is 0 Å². The molecule has 0 heterocycles. The van der Waals surface area contributed by atoms with Gasteiger partial charge in [-0.3, -0.25) is 4.99 Å². The molecule has 130 valence electrons. The Morgan fingerprint density at radius 1 is 1.16 bits per heavy atom. The number of rotatable bonds is 6. The van der Waals surface area contributed by atoms with E-state index in [2.05, 4.69) is 43.8 Å². The van der Waals surface area contributed by atoms with Crippen LogP contribution in [0.5, 0.6) is 0 Å². The van der Waals surface area contributed by atoms with Crippen LogP contribution in [0.25, 0.3) is 11.1 Å². The van der Waals surface area contributed by atoms with E-state index in [4.69, 9.17) is 22.3 Å². The van der Waals surface area contributed by atoms with Crippen molar-refractivity contribution in [2.24, 2.45) is 16.6 Å². The minimum absolute atomic E-state index is 0.450. The zero-order chi connectivity index (χ0) is 18.0. The quantitative estimate of drug-likeness (QED) is 0.389. The van der Waals surface area contributed by atoms with E-state index >= 15 is 0 Å². The normalized spacial score (nSPS) is 17.2. The third-order valence-corrected chi connectivity index (χ3v) is 5.09.